The fraction of sp³-hybridized carbons (Fsp3) is 0.533. The third-order valence-electron chi connectivity index (χ3n) is 3.69. The second kappa shape index (κ2) is 6.24. The molecule has 1 aliphatic rings. The number of hydrogen-bond donors (Lipinski definition) is 2. The number of ether oxygens (including phenoxy) is 1. The van der Waals surface area contributed by atoms with Crippen LogP contribution in [0.2, 0.25) is 0 Å². The van der Waals surface area contributed by atoms with Crippen molar-refractivity contribution >= 4 is 0 Å². The fourth-order valence-corrected chi connectivity index (χ4v) is 2.59. The summed E-state index contributed by atoms with van der Waals surface area (Å²) in [5.41, 5.74) is 2.09. The summed E-state index contributed by atoms with van der Waals surface area (Å²) in [6.45, 7) is 4.62. The molecule has 0 radical (unpaired) electrons. The van der Waals surface area contributed by atoms with Crippen LogP contribution in [0.1, 0.15) is 30.6 Å². The average molecular weight is 275 g/mol. The van der Waals surface area contributed by atoms with E-state index >= 15 is 0 Å². The number of nitrogens with zero attached hydrogens (tertiary/aromatic N) is 1. The standard InChI is InChI=1S/C15H21N3O2/c1-11-4-5-14(20-11)15-12(10-17-18-15)9-16-7-6-13-3-2-8-19-13/h4-5,10,13,16H,2-3,6-9H2,1H3,(H,17,18)/t13-/m1/s1. The number of aryl methyl sites for hydroxylation is 1. The van der Waals surface area contributed by atoms with Gasteiger partial charge in [0.25, 0.3) is 0 Å². The van der Waals surface area contributed by atoms with E-state index in [0.717, 1.165) is 48.9 Å². The van der Waals surface area contributed by atoms with E-state index in [0.29, 0.717) is 6.10 Å². The zero-order valence-electron chi connectivity index (χ0n) is 11.8. The molecule has 2 aromatic heterocycles. The maximum Gasteiger partial charge on any atom is 0.152 e. The van der Waals surface area contributed by atoms with Crippen LogP contribution >= 0.6 is 0 Å². The van der Waals surface area contributed by atoms with E-state index in [2.05, 4.69) is 15.5 Å². The van der Waals surface area contributed by atoms with Crippen LogP contribution in [0.15, 0.2) is 22.7 Å². The number of rotatable bonds is 6. The van der Waals surface area contributed by atoms with Gasteiger partial charge in [0.2, 0.25) is 0 Å². The lowest BCUT2D eigenvalue weighted by Gasteiger charge is -2.09. The molecule has 3 rings (SSSR count). The fourth-order valence-electron chi connectivity index (χ4n) is 2.59. The Labute approximate surface area is 118 Å². The Balaban J connectivity index is 1.51. The van der Waals surface area contributed by atoms with Gasteiger partial charge in [-0.25, -0.2) is 0 Å². The third kappa shape index (κ3) is 3.11. The molecule has 20 heavy (non-hydrogen) atoms. The first-order valence-corrected chi connectivity index (χ1v) is 7.24. The van der Waals surface area contributed by atoms with Gasteiger partial charge in [0, 0.05) is 18.7 Å². The molecule has 0 bridgehead atoms. The first-order chi connectivity index (χ1) is 9.83. The van der Waals surface area contributed by atoms with Gasteiger partial charge in [0.1, 0.15) is 11.5 Å². The van der Waals surface area contributed by atoms with Crippen molar-refractivity contribution in [2.24, 2.45) is 0 Å². The summed E-state index contributed by atoms with van der Waals surface area (Å²) in [6.07, 6.45) is 5.77. The maximum atomic E-state index is 5.64. The Morgan fingerprint density at radius 1 is 1.45 bits per heavy atom. The van der Waals surface area contributed by atoms with Gasteiger partial charge in [-0.05, 0) is 44.9 Å². The Morgan fingerprint density at radius 3 is 3.15 bits per heavy atom. The van der Waals surface area contributed by atoms with Crippen LogP contribution in [-0.2, 0) is 11.3 Å². The second-order valence-electron chi connectivity index (χ2n) is 5.28. The molecule has 2 N–H and O–H groups in total. The van der Waals surface area contributed by atoms with Crippen molar-refractivity contribution in [3.05, 3.63) is 29.7 Å². The molecule has 0 aliphatic carbocycles. The molecule has 5 heteroatoms. The van der Waals surface area contributed by atoms with Crippen LogP contribution in [0, 0.1) is 6.92 Å². The Hall–Kier alpha value is -1.59. The minimum atomic E-state index is 0.444. The van der Waals surface area contributed by atoms with Crippen molar-refractivity contribution in [1.82, 2.24) is 15.5 Å². The number of aromatic amines is 1. The first kappa shape index (κ1) is 13.4. The Morgan fingerprint density at radius 2 is 2.40 bits per heavy atom. The smallest absolute Gasteiger partial charge is 0.152 e. The highest BCUT2D eigenvalue weighted by molar-refractivity contribution is 5.56. The molecule has 3 heterocycles. The zero-order chi connectivity index (χ0) is 13.8. The molecule has 5 nitrogen and oxygen atoms in total. The summed E-state index contributed by atoms with van der Waals surface area (Å²) in [5, 5.41) is 10.6. The number of H-pyrrole nitrogens is 1. The topological polar surface area (TPSA) is 63.1 Å². The van der Waals surface area contributed by atoms with Gasteiger partial charge >= 0.3 is 0 Å². The highest BCUT2D eigenvalue weighted by atomic mass is 16.5. The number of nitrogens with one attached hydrogen (secondary N) is 2. The van der Waals surface area contributed by atoms with Crippen molar-refractivity contribution < 1.29 is 9.15 Å². The quantitative estimate of drug-likeness (QED) is 0.796. The predicted molar refractivity (Wildman–Crippen MR) is 76.3 cm³/mol. The lowest BCUT2D eigenvalue weighted by atomic mass is 10.1. The summed E-state index contributed by atoms with van der Waals surface area (Å²) in [4.78, 5) is 0. The molecular formula is C15H21N3O2. The molecule has 1 fully saturated rings. The van der Waals surface area contributed by atoms with E-state index in [1.54, 1.807) is 0 Å². The van der Waals surface area contributed by atoms with Gasteiger partial charge in [0.05, 0.1) is 12.3 Å². The molecule has 1 saturated heterocycles. The number of furan rings is 1. The third-order valence-corrected chi connectivity index (χ3v) is 3.69. The first-order valence-electron chi connectivity index (χ1n) is 7.24. The van der Waals surface area contributed by atoms with Crippen LogP contribution in [0.3, 0.4) is 0 Å². The largest absolute Gasteiger partial charge is 0.460 e. The lowest BCUT2D eigenvalue weighted by Crippen LogP contribution is -2.19. The Bertz CT molecular complexity index is 541. The highest BCUT2D eigenvalue weighted by Crippen LogP contribution is 2.23. The van der Waals surface area contributed by atoms with E-state index in [-0.39, 0.29) is 0 Å². The summed E-state index contributed by atoms with van der Waals surface area (Å²) in [5.74, 6) is 1.75. The van der Waals surface area contributed by atoms with Crippen molar-refractivity contribution in [2.75, 3.05) is 13.2 Å². The molecule has 108 valence electrons. The minimum Gasteiger partial charge on any atom is -0.460 e. The zero-order valence-corrected chi connectivity index (χ0v) is 11.8. The van der Waals surface area contributed by atoms with Gasteiger partial charge in [0.15, 0.2) is 5.76 Å². The van der Waals surface area contributed by atoms with Gasteiger partial charge in [-0.15, -0.1) is 0 Å². The molecule has 1 aliphatic heterocycles. The van der Waals surface area contributed by atoms with Crippen LogP contribution in [0.25, 0.3) is 11.5 Å². The molecule has 0 amide bonds. The normalized spacial score (nSPS) is 18.8. The highest BCUT2D eigenvalue weighted by Gasteiger charge is 2.15. The van der Waals surface area contributed by atoms with Crippen molar-refractivity contribution in [2.45, 2.75) is 38.8 Å². The Kier molecular flexibility index (Phi) is 4.18. The van der Waals surface area contributed by atoms with E-state index < -0.39 is 0 Å². The summed E-state index contributed by atoms with van der Waals surface area (Å²) in [7, 11) is 0. The van der Waals surface area contributed by atoms with E-state index in [1.807, 2.05) is 25.3 Å². The van der Waals surface area contributed by atoms with Crippen LogP contribution in [0.4, 0.5) is 0 Å². The van der Waals surface area contributed by atoms with Crippen LogP contribution in [0.5, 0.6) is 0 Å². The van der Waals surface area contributed by atoms with Crippen LogP contribution < -0.4 is 5.32 Å². The minimum absolute atomic E-state index is 0.444. The van der Waals surface area contributed by atoms with Crippen LogP contribution in [-0.4, -0.2) is 29.5 Å². The van der Waals surface area contributed by atoms with E-state index in [9.17, 15) is 0 Å². The van der Waals surface area contributed by atoms with Gasteiger partial charge in [-0.1, -0.05) is 0 Å². The molecule has 0 spiro atoms. The number of aromatic nitrogens is 2. The molecule has 0 saturated carbocycles. The molecular weight excluding hydrogens is 254 g/mol. The van der Waals surface area contributed by atoms with Crippen molar-refractivity contribution in [1.29, 1.82) is 0 Å². The molecule has 0 unspecified atom stereocenters. The van der Waals surface area contributed by atoms with E-state index in [4.69, 9.17) is 9.15 Å². The van der Waals surface area contributed by atoms with Gasteiger partial charge < -0.3 is 14.5 Å². The number of hydrogen-bond acceptors (Lipinski definition) is 4. The van der Waals surface area contributed by atoms with Gasteiger partial charge in [-0.2, -0.15) is 5.10 Å². The summed E-state index contributed by atoms with van der Waals surface area (Å²) >= 11 is 0. The average Bonchev–Trinajstić information content (AvgIpc) is 3.16. The molecule has 2 aromatic rings. The molecule has 1 atom stereocenters. The van der Waals surface area contributed by atoms with E-state index in [1.165, 1.54) is 12.8 Å². The van der Waals surface area contributed by atoms with Gasteiger partial charge in [-0.3, -0.25) is 5.10 Å². The summed E-state index contributed by atoms with van der Waals surface area (Å²) in [6, 6.07) is 3.93. The van der Waals surface area contributed by atoms with Crippen molar-refractivity contribution in [3.8, 4) is 11.5 Å². The molecule has 0 aromatic carbocycles. The maximum absolute atomic E-state index is 5.64. The predicted octanol–water partition coefficient (Wildman–Crippen LogP) is 2.64. The SMILES string of the molecule is Cc1ccc(-c2[nH]ncc2CNCC[C@H]2CCCO2)o1. The lowest BCUT2D eigenvalue weighted by molar-refractivity contribution is 0.104. The monoisotopic (exact) mass is 275 g/mol. The second-order valence-corrected chi connectivity index (χ2v) is 5.28. The summed E-state index contributed by atoms with van der Waals surface area (Å²) < 4.78 is 11.2. The van der Waals surface area contributed by atoms with Crippen molar-refractivity contribution in [3.63, 3.8) is 0 Å².